The van der Waals surface area contributed by atoms with Gasteiger partial charge in [-0.15, -0.1) is 0 Å². The van der Waals surface area contributed by atoms with E-state index in [1.807, 2.05) is 25.1 Å². The summed E-state index contributed by atoms with van der Waals surface area (Å²) in [5.41, 5.74) is -0.00866. The molecule has 0 N–H and O–H groups in total. The first-order valence-electron chi connectivity index (χ1n) is 10.2. The Labute approximate surface area is 162 Å². The molecule has 3 aliphatic heterocycles. The van der Waals surface area contributed by atoms with Crippen LogP contribution in [0.15, 0.2) is 12.4 Å². The lowest BCUT2D eigenvalue weighted by molar-refractivity contribution is -0.0527. The summed E-state index contributed by atoms with van der Waals surface area (Å²) in [4.78, 5) is 13.1. The second-order valence-corrected chi connectivity index (χ2v) is 8.30. The predicted molar refractivity (Wildman–Crippen MR) is 104 cm³/mol. The number of rotatable bonds is 7. The molecule has 0 amide bonds. The van der Waals surface area contributed by atoms with Gasteiger partial charge >= 0.3 is 0 Å². The molecule has 0 radical (unpaired) electrons. The van der Waals surface area contributed by atoms with Crippen molar-refractivity contribution in [3.05, 3.63) is 12.4 Å². The van der Waals surface area contributed by atoms with Gasteiger partial charge in [-0.2, -0.15) is 0 Å². The van der Waals surface area contributed by atoms with Gasteiger partial charge in [-0.25, -0.2) is 9.97 Å². The van der Waals surface area contributed by atoms with Crippen molar-refractivity contribution in [3.8, 4) is 0 Å². The number of nitrogens with zero attached hydrogens (tertiary/aromatic N) is 4. The third-order valence-electron chi connectivity index (χ3n) is 6.24. The molecule has 1 aromatic heterocycles. The number of aromatic nitrogens is 2. The molecule has 3 saturated heterocycles. The normalized spacial score (nSPS) is 25.0. The molecule has 1 aromatic rings. The van der Waals surface area contributed by atoms with Crippen LogP contribution in [0.25, 0.3) is 0 Å². The third kappa shape index (κ3) is 4.20. The van der Waals surface area contributed by atoms with Crippen LogP contribution in [0.2, 0.25) is 0 Å². The Balaban J connectivity index is 1.25. The van der Waals surface area contributed by atoms with E-state index in [1.165, 1.54) is 0 Å². The van der Waals surface area contributed by atoms with Crippen LogP contribution in [-0.2, 0) is 14.2 Å². The van der Waals surface area contributed by atoms with Crippen LogP contribution in [0.1, 0.15) is 25.7 Å². The van der Waals surface area contributed by atoms with Crippen molar-refractivity contribution >= 4 is 11.6 Å². The van der Waals surface area contributed by atoms with Crippen LogP contribution in [0.5, 0.6) is 0 Å². The largest absolute Gasteiger partial charge is 0.381 e. The Morgan fingerprint density at radius 3 is 2.78 bits per heavy atom. The maximum Gasteiger partial charge on any atom is 0.134 e. The SMILES string of the molecule is CN(C)c1cc(N2CC3(C2)OCC[C@H]3CCOCC2CCOCC2)ncn1. The van der Waals surface area contributed by atoms with Gasteiger partial charge in [0, 0.05) is 53.2 Å². The number of anilines is 2. The zero-order valence-electron chi connectivity index (χ0n) is 16.6. The molecule has 0 bridgehead atoms. The van der Waals surface area contributed by atoms with E-state index in [2.05, 4.69) is 14.9 Å². The molecule has 0 aromatic carbocycles. The van der Waals surface area contributed by atoms with Crippen LogP contribution in [0.4, 0.5) is 11.6 Å². The standard InChI is InChI=1S/C20H32N4O3/c1-23(2)18-11-19(22-15-21-18)24-13-20(14-24)17(6-10-27-20)5-9-26-12-16-3-7-25-8-4-16/h11,15-17H,3-10,12-14H2,1-2H3/t17-/m1/s1. The van der Waals surface area contributed by atoms with Gasteiger partial charge in [0.2, 0.25) is 0 Å². The summed E-state index contributed by atoms with van der Waals surface area (Å²) >= 11 is 0. The van der Waals surface area contributed by atoms with E-state index in [-0.39, 0.29) is 5.60 Å². The Bertz CT molecular complexity index is 615. The molecule has 7 nitrogen and oxygen atoms in total. The van der Waals surface area contributed by atoms with E-state index in [9.17, 15) is 0 Å². The summed E-state index contributed by atoms with van der Waals surface area (Å²) in [7, 11) is 4.00. The molecule has 4 heterocycles. The van der Waals surface area contributed by atoms with Gasteiger partial charge in [-0.1, -0.05) is 0 Å². The highest BCUT2D eigenvalue weighted by atomic mass is 16.5. The highest BCUT2D eigenvalue weighted by Crippen LogP contribution is 2.43. The van der Waals surface area contributed by atoms with Gasteiger partial charge in [-0.05, 0) is 37.5 Å². The molecule has 3 aliphatic rings. The summed E-state index contributed by atoms with van der Waals surface area (Å²) in [5.74, 6) is 3.18. The van der Waals surface area contributed by atoms with E-state index >= 15 is 0 Å². The van der Waals surface area contributed by atoms with Crippen LogP contribution < -0.4 is 9.80 Å². The summed E-state index contributed by atoms with van der Waals surface area (Å²) in [6.45, 7) is 6.20. The average Bonchev–Trinajstić information content (AvgIpc) is 3.09. The molecular formula is C20H32N4O3. The van der Waals surface area contributed by atoms with Crippen LogP contribution in [0, 0.1) is 11.8 Å². The summed E-state index contributed by atoms with van der Waals surface area (Å²) in [6, 6.07) is 2.05. The van der Waals surface area contributed by atoms with E-state index in [0.717, 1.165) is 83.4 Å². The van der Waals surface area contributed by atoms with Gasteiger partial charge in [0.15, 0.2) is 0 Å². The van der Waals surface area contributed by atoms with E-state index in [0.29, 0.717) is 11.8 Å². The second kappa shape index (κ2) is 8.29. The minimum Gasteiger partial charge on any atom is -0.381 e. The fourth-order valence-corrected chi connectivity index (χ4v) is 4.45. The van der Waals surface area contributed by atoms with Gasteiger partial charge in [-0.3, -0.25) is 0 Å². The van der Waals surface area contributed by atoms with Crippen molar-refractivity contribution in [2.45, 2.75) is 31.3 Å². The zero-order chi connectivity index (χ0) is 18.7. The Morgan fingerprint density at radius 1 is 1.19 bits per heavy atom. The van der Waals surface area contributed by atoms with Gasteiger partial charge in [0.25, 0.3) is 0 Å². The summed E-state index contributed by atoms with van der Waals surface area (Å²) < 4.78 is 17.6. The predicted octanol–water partition coefficient (Wildman–Crippen LogP) is 1.97. The van der Waals surface area contributed by atoms with Crippen molar-refractivity contribution in [2.75, 3.05) is 70.0 Å². The molecule has 0 unspecified atom stereocenters. The molecule has 1 atom stereocenters. The number of hydrogen-bond donors (Lipinski definition) is 0. The summed E-state index contributed by atoms with van der Waals surface area (Å²) in [5, 5.41) is 0. The molecule has 150 valence electrons. The first-order valence-corrected chi connectivity index (χ1v) is 10.2. The summed E-state index contributed by atoms with van der Waals surface area (Å²) in [6.07, 6.45) is 6.15. The molecule has 27 heavy (non-hydrogen) atoms. The molecule has 1 spiro atoms. The molecule has 0 aliphatic carbocycles. The van der Waals surface area contributed by atoms with Crippen LogP contribution >= 0.6 is 0 Å². The van der Waals surface area contributed by atoms with Gasteiger partial charge in [0.1, 0.15) is 23.6 Å². The lowest BCUT2D eigenvalue weighted by atomic mass is 9.79. The monoisotopic (exact) mass is 376 g/mol. The minimum absolute atomic E-state index is 0.00866. The lowest BCUT2D eigenvalue weighted by Crippen LogP contribution is -2.65. The van der Waals surface area contributed by atoms with Crippen molar-refractivity contribution < 1.29 is 14.2 Å². The maximum atomic E-state index is 6.20. The lowest BCUT2D eigenvalue weighted by Gasteiger charge is -2.51. The van der Waals surface area contributed by atoms with Crippen molar-refractivity contribution in [3.63, 3.8) is 0 Å². The first-order chi connectivity index (χ1) is 13.2. The quantitative estimate of drug-likeness (QED) is 0.674. The highest BCUT2D eigenvalue weighted by Gasteiger charge is 2.53. The number of ether oxygens (including phenoxy) is 3. The topological polar surface area (TPSA) is 60.0 Å². The van der Waals surface area contributed by atoms with Crippen molar-refractivity contribution in [2.24, 2.45) is 11.8 Å². The smallest absolute Gasteiger partial charge is 0.134 e. The Morgan fingerprint density at radius 2 is 2.00 bits per heavy atom. The second-order valence-electron chi connectivity index (χ2n) is 8.30. The van der Waals surface area contributed by atoms with E-state index in [4.69, 9.17) is 14.2 Å². The first kappa shape index (κ1) is 18.9. The fraction of sp³-hybridized carbons (Fsp3) is 0.800. The Kier molecular flexibility index (Phi) is 5.80. The molecule has 7 heteroatoms. The molecule has 0 saturated carbocycles. The number of hydrogen-bond acceptors (Lipinski definition) is 7. The van der Waals surface area contributed by atoms with Gasteiger partial charge < -0.3 is 24.0 Å². The molecular weight excluding hydrogens is 344 g/mol. The third-order valence-corrected chi connectivity index (χ3v) is 6.24. The Hall–Kier alpha value is -1.44. The van der Waals surface area contributed by atoms with Crippen LogP contribution in [0.3, 0.4) is 0 Å². The molecule has 4 rings (SSSR count). The maximum absolute atomic E-state index is 6.20. The zero-order valence-corrected chi connectivity index (χ0v) is 16.6. The fourth-order valence-electron chi connectivity index (χ4n) is 4.45. The van der Waals surface area contributed by atoms with Crippen LogP contribution in [-0.4, -0.2) is 75.8 Å². The molecule has 3 fully saturated rings. The van der Waals surface area contributed by atoms with Crippen molar-refractivity contribution in [1.29, 1.82) is 0 Å². The minimum atomic E-state index is -0.00866. The van der Waals surface area contributed by atoms with E-state index < -0.39 is 0 Å². The average molecular weight is 377 g/mol. The van der Waals surface area contributed by atoms with E-state index in [1.54, 1.807) is 6.33 Å². The highest BCUT2D eigenvalue weighted by molar-refractivity contribution is 5.52. The van der Waals surface area contributed by atoms with Gasteiger partial charge in [0.05, 0.1) is 13.1 Å². The van der Waals surface area contributed by atoms with Crippen molar-refractivity contribution in [1.82, 2.24) is 9.97 Å².